The molecule has 2 aliphatic rings. The lowest BCUT2D eigenvalue weighted by atomic mass is 10.2. The lowest BCUT2D eigenvalue weighted by Gasteiger charge is -2.24. The van der Waals surface area contributed by atoms with Crippen LogP contribution in [0.4, 0.5) is 11.4 Å². The number of nitrogens with one attached hydrogen (secondary N) is 3. The van der Waals surface area contributed by atoms with Crippen molar-refractivity contribution in [2.24, 2.45) is 0 Å². The van der Waals surface area contributed by atoms with Crippen LogP contribution in [0.25, 0.3) is 0 Å². The molecule has 1 atom stereocenters. The van der Waals surface area contributed by atoms with E-state index in [4.69, 9.17) is 21.1 Å². The van der Waals surface area contributed by atoms with Crippen molar-refractivity contribution in [2.75, 3.05) is 36.9 Å². The van der Waals surface area contributed by atoms with E-state index in [-0.39, 0.29) is 30.8 Å². The third-order valence-electron chi connectivity index (χ3n) is 3.18. The van der Waals surface area contributed by atoms with Crippen LogP contribution in [0.3, 0.4) is 0 Å². The Balaban J connectivity index is 0.00000176. The van der Waals surface area contributed by atoms with Crippen LogP contribution in [0.5, 0.6) is 5.75 Å². The molecular weight excluding hydrogens is 333 g/mol. The van der Waals surface area contributed by atoms with Gasteiger partial charge < -0.3 is 25.4 Å². The van der Waals surface area contributed by atoms with E-state index in [0.717, 1.165) is 6.54 Å². The molecule has 2 aliphatic heterocycles. The van der Waals surface area contributed by atoms with E-state index in [9.17, 15) is 9.59 Å². The molecular formula is C13H15Cl2N3O4. The van der Waals surface area contributed by atoms with Crippen LogP contribution in [0.15, 0.2) is 12.1 Å². The summed E-state index contributed by atoms with van der Waals surface area (Å²) in [5, 5.41) is 8.76. The summed E-state index contributed by atoms with van der Waals surface area (Å²) in [5.74, 6) is -0.0436. The van der Waals surface area contributed by atoms with Crippen molar-refractivity contribution in [1.29, 1.82) is 0 Å². The van der Waals surface area contributed by atoms with Crippen LogP contribution < -0.4 is 20.7 Å². The second-order valence-electron chi connectivity index (χ2n) is 4.72. The Morgan fingerprint density at radius 1 is 1.41 bits per heavy atom. The van der Waals surface area contributed by atoms with Crippen LogP contribution >= 0.6 is 24.0 Å². The number of halogens is 2. The summed E-state index contributed by atoms with van der Waals surface area (Å²) in [6, 6.07) is 3.13. The van der Waals surface area contributed by atoms with E-state index in [2.05, 4.69) is 16.0 Å². The van der Waals surface area contributed by atoms with Crippen molar-refractivity contribution in [3.63, 3.8) is 0 Å². The van der Waals surface area contributed by atoms with Crippen LogP contribution in [-0.4, -0.2) is 44.2 Å². The molecule has 0 aromatic heterocycles. The van der Waals surface area contributed by atoms with Crippen molar-refractivity contribution in [1.82, 2.24) is 5.32 Å². The molecule has 1 unspecified atom stereocenters. The summed E-state index contributed by atoms with van der Waals surface area (Å²) in [7, 11) is 0. The number of anilines is 2. The monoisotopic (exact) mass is 347 g/mol. The fraction of sp³-hybridized carbons (Fsp3) is 0.385. The van der Waals surface area contributed by atoms with Crippen LogP contribution in [0, 0.1) is 0 Å². The highest BCUT2D eigenvalue weighted by Crippen LogP contribution is 2.36. The normalized spacial score (nSPS) is 20.0. The second kappa shape index (κ2) is 7.15. The molecule has 1 saturated heterocycles. The molecule has 1 fully saturated rings. The average molecular weight is 348 g/mol. The van der Waals surface area contributed by atoms with Gasteiger partial charge in [0.25, 0.3) is 11.8 Å². The maximum absolute atomic E-state index is 12.1. The minimum absolute atomic E-state index is 0. The number of carbonyl (C=O) groups excluding carboxylic acids is 2. The molecule has 0 radical (unpaired) electrons. The molecule has 0 spiro atoms. The molecule has 1 aromatic rings. The fourth-order valence-corrected chi connectivity index (χ4v) is 2.35. The van der Waals surface area contributed by atoms with Crippen molar-refractivity contribution in [2.45, 2.75) is 6.10 Å². The average Bonchev–Trinajstić information content (AvgIpc) is 2.49. The molecule has 22 heavy (non-hydrogen) atoms. The Morgan fingerprint density at radius 3 is 2.95 bits per heavy atom. The van der Waals surface area contributed by atoms with Gasteiger partial charge in [-0.15, -0.1) is 12.4 Å². The maximum Gasteiger partial charge on any atom is 0.262 e. The fourth-order valence-electron chi connectivity index (χ4n) is 2.14. The van der Waals surface area contributed by atoms with Gasteiger partial charge in [-0.25, -0.2) is 0 Å². The highest BCUT2D eigenvalue weighted by Gasteiger charge is 2.24. The van der Waals surface area contributed by atoms with Crippen LogP contribution in [0.2, 0.25) is 5.02 Å². The Hall–Kier alpha value is -1.54. The van der Waals surface area contributed by atoms with Crippen LogP contribution in [0.1, 0.15) is 0 Å². The van der Waals surface area contributed by atoms with Gasteiger partial charge in [0.2, 0.25) is 0 Å². The van der Waals surface area contributed by atoms with Crippen molar-refractivity contribution >= 4 is 47.2 Å². The Labute approximate surface area is 138 Å². The predicted molar refractivity (Wildman–Crippen MR) is 84.1 cm³/mol. The van der Waals surface area contributed by atoms with Gasteiger partial charge in [0.15, 0.2) is 6.61 Å². The number of hydrogen-bond donors (Lipinski definition) is 3. The molecule has 120 valence electrons. The summed E-state index contributed by atoms with van der Waals surface area (Å²) >= 11 is 6.11. The predicted octanol–water partition coefficient (Wildman–Crippen LogP) is 1.02. The smallest absolute Gasteiger partial charge is 0.262 e. The standard InChI is InChI=1S/C13H14ClN3O4.ClH/c14-7-3-9-10(21-6-12(18)16-9)4-8(7)17-13(19)11-5-15-1-2-20-11;/h3-4,11,15H,1-2,5-6H2,(H,16,18)(H,17,19);1H. The Kier molecular flexibility index (Phi) is 5.47. The largest absolute Gasteiger partial charge is 0.482 e. The van der Waals surface area contributed by atoms with Crippen LogP contribution in [-0.2, 0) is 14.3 Å². The number of rotatable bonds is 2. The summed E-state index contributed by atoms with van der Waals surface area (Å²) in [4.78, 5) is 23.3. The number of morpholine rings is 1. The molecule has 0 aliphatic carbocycles. The molecule has 3 N–H and O–H groups in total. The molecule has 2 heterocycles. The Morgan fingerprint density at radius 2 is 2.23 bits per heavy atom. The molecule has 2 amide bonds. The molecule has 9 heteroatoms. The topological polar surface area (TPSA) is 88.7 Å². The van der Waals surface area contributed by atoms with E-state index in [1.807, 2.05) is 0 Å². The zero-order valence-electron chi connectivity index (χ0n) is 11.5. The van der Waals surface area contributed by atoms with E-state index in [1.54, 1.807) is 12.1 Å². The van der Waals surface area contributed by atoms with Gasteiger partial charge in [0.1, 0.15) is 11.9 Å². The summed E-state index contributed by atoms with van der Waals surface area (Å²) in [6.07, 6.45) is -0.550. The third-order valence-corrected chi connectivity index (χ3v) is 3.49. The molecule has 3 rings (SSSR count). The van der Waals surface area contributed by atoms with E-state index >= 15 is 0 Å². The second-order valence-corrected chi connectivity index (χ2v) is 5.13. The first kappa shape index (κ1) is 16.8. The van der Waals surface area contributed by atoms with Gasteiger partial charge >= 0.3 is 0 Å². The van der Waals surface area contributed by atoms with E-state index in [0.29, 0.717) is 35.3 Å². The summed E-state index contributed by atoms with van der Waals surface area (Å²) in [5.41, 5.74) is 0.913. The van der Waals surface area contributed by atoms with Crippen molar-refractivity contribution < 1.29 is 19.1 Å². The van der Waals surface area contributed by atoms with Gasteiger partial charge in [-0.2, -0.15) is 0 Å². The number of carbonyl (C=O) groups is 2. The number of amides is 2. The van der Waals surface area contributed by atoms with Gasteiger partial charge in [0, 0.05) is 19.2 Å². The minimum Gasteiger partial charge on any atom is -0.482 e. The summed E-state index contributed by atoms with van der Waals surface area (Å²) in [6.45, 7) is 1.63. The number of benzene rings is 1. The molecule has 0 saturated carbocycles. The highest BCUT2D eigenvalue weighted by atomic mass is 35.5. The first-order valence-electron chi connectivity index (χ1n) is 6.53. The molecule has 1 aromatic carbocycles. The highest BCUT2D eigenvalue weighted by molar-refractivity contribution is 6.34. The van der Waals surface area contributed by atoms with Crippen molar-refractivity contribution in [3.8, 4) is 5.75 Å². The number of fused-ring (bicyclic) bond motifs is 1. The van der Waals surface area contributed by atoms with Gasteiger partial charge in [-0.1, -0.05) is 11.6 Å². The SMILES string of the molecule is Cl.O=C1COc2cc(NC(=O)C3CNCCO3)c(Cl)cc2N1. The first-order chi connectivity index (χ1) is 10.1. The molecule has 0 bridgehead atoms. The van der Waals surface area contributed by atoms with E-state index in [1.165, 1.54) is 0 Å². The third kappa shape index (κ3) is 3.61. The maximum atomic E-state index is 12.1. The zero-order valence-corrected chi connectivity index (χ0v) is 13.1. The first-order valence-corrected chi connectivity index (χ1v) is 6.90. The Bertz CT molecular complexity index is 591. The van der Waals surface area contributed by atoms with Gasteiger partial charge in [0.05, 0.1) is 23.0 Å². The van der Waals surface area contributed by atoms with Gasteiger partial charge in [-0.05, 0) is 6.07 Å². The van der Waals surface area contributed by atoms with E-state index < -0.39 is 6.10 Å². The lowest BCUT2D eigenvalue weighted by Crippen LogP contribution is -2.45. The molecule has 7 nitrogen and oxygen atoms in total. The van der Waals surface area contributed by atoms with Crippen molar-refractivity contribution in [3.05, 3.63) is 17.2 Å². The minimum atomic E-state index is -0.550. The quantitative estimate of drug-likeness (QED) is 0.743. The number of ether oxygens (including phenoxy) is 2. The lowest BCUT2D eigenvalue weighted by molar-refractivity contribution is -0.128. The zero-order chi connectivity index (χ0) is 14.8. The van der Waals surface area contributed by atoms with Gasteiger partial charge in [-0.3, -0.25) is 9.59 Å². The summed E-state index contributed by atoms with van der Waals surface area (Å²) < 4.78 is 10.7. The number of hydrogen-bond acceptors (Lipinski definition) is 5.